The van der Waals surface area contributed by atoms with Gasteiger partial charge >= 0.3 is 0 Å². The average molecular weight is 252 g/mol. The van der Waals surface area contributed by atoms with Gasteiger partial charge in [-0.15, -0.1) is 11.6 Å². The minimum atomic E-state index is -0.0544. The van der Waals surface area contributed by atoms with E-state index in [0.29, 0.717) is 34.3 Å². The number of carbonyl (C=O) groups is 1. The lowest BCUT2D eigenvalue weighted by molar-refractivity contribution is 0.0982. The summed E-state index contributed by atoms with van der Waals surface area (Å²) in [6, 6.07) is 5.02. The van der Waals surface area contributed by atoms with Crippen LogP contribution in [-0.2, 0) is 0 Å². The molecule has 0 N–H and O–H groups in total. The van der Waals surface area contributed by atoms with E-state index in [1.165, 1.54) is 0 Å². The summed E-state index contributed by atoms with van der Waals surface area (Å²) in [5, 5.41) is 0.800. The Hall–Kier alpha value is -0.240. The third-order valence-electron chi connectivity index (χ3n) is 1.78. The zero-order valence-electron chi connectivity index (χ0n) is 7.40. The van der Waals surface area contributed by atoms with Crippen LogP contribution in [0.5, 0.6) is 0 Å². The first kappa shape index (κ1) is 11.8. The van der Waals surface area contributed by atoms with Crippen LogP contribution in [0.3, 0.4) is 0 Å². The van der Waals surface area contributed by atoms with Crippen molar-refractivity contribution >= 4 is 40.6 Å². The number of alkyl halides is 1. The SMILES string of the molecule is O=C(CCCCl)c1c(Cl)cccc1Cl. The van der Waals surface area contributed by atoms with Crippen LogP contribution in [0, 0.1) is 0 Å². The van der Waals surface area contributed by atoms with Gasteiger partial charge < -0.3 is 0 Å². The van der Waals surface area contributed by atoms with Crippen LogP contribution >= 0.6 is 34.8 Å². The Labute approximate surface area is 98.0 Å². The monoisotopic (exact) mass is 250 g/mol. The van der Waals surface area contributed by atoms with Gasteiger partial charge in [-0.2, -0.15) is 0 Å². The van der Waals surface area contributed by atoms with Crippen molar-refractivity contribution in [1.29, 1.82) is 0 Å². The molecule has 0 heterocycles. The first-order valence-corrected chi connectivity index (χ1v) is 5.49. The predicted octanol–water partition coefficient (Wildman–Crippen LogP) is 4.20. The molecule has 0 aromatic heterocycles. The van der Waals surface area contributed by atoms with E-state index in [4.69, 9.17) is 34.8 Å². The van der Waals surface area contributed by atoms with Crippen LogP contribution in [0.15, 0.2) is 18.2 Å². The molecule has 0 radical (unpaired) electrons. The van der Waals surface area contributed by atoms with Gasteiger partial charge in [0.15, 0.2) is 5.78 Å². The molecule has 0 bridgehead atoms. The highest BCUT2D eigenvalue weighted by Crippen LogP contribution is 2.25. The third kappa shape index (κ3) is 2.88. The van der Waals surface area contributed by atoms with Gasteiger partial charge in [-0.3, -0.25) is 4.79 Å². The van der Waals surface area contributed by atoms with Crippen LogP contribution in [0.4, 0.5) is 0 Å². The number of hydrogen-bond donors (Lipinski definition) is 0. The molecule has 1 aromatic carbocycles. The van der Waals surface area contributed by atoms with Crippen molar-refractivity contribution in [3.05, 3.63) is 33.8 Å². The molecule has 0 saturated heterocycles. The Morgan fingerprint density at radius 1 is 1.21 bits per heavy atom. The van der Waals surface area contributed by atoms with Crippen LogP contribution in [0.25, 0.3) is 0 Å². The van der Waals surface area contributed by atoms with E-state index in [1.807, 2.05) is 0 Å². The summed E-state index contributed by atoms with van der Waals surface area (Å²) in [5.41, 5.74) is 0.404. The van der Waals surface area contributed by atoms with E-state index in [2.05, 4.69) is 0 Å². The number of halogens is 3. The molecule has 0 atom stereocenters. The van der Waals surface area contributed by atoms with Crippen molar-refractivity contribution in [2.24, 2.45) is 0 Å². The largest absolute Gasteiger partial charge is 0.294 e. The Morgan fingerprint density at radius 2 is 1.79 bits per heavy atom. The second-order valence-corrected chi connectivity index (χ2v) is 4.00. The van der Waals surface area contributed by atoms with Crippen molar-refractivity contribution < 1.29 is 4.79 Å². The Bertz CT molecular complexity index is 316. The van der Waals surface area contributed by atoms with Crippen molar-refractivity contribution in [2.45, 2.75) is 12.8 Å². The predicted molar refractivity (Wildman–Crippen MR) is 60.7 cm³/mol. The Morgan fingerprint density at radius 3 is 2.29 bits per heavy atom. The fourth-order valence-corrected chi connectivity index (χ4v) is 1.86. The van der Waals surface area contributed by atoms with E-state index in [0.717, 1.165) is 0 Å². The maximum absolute atomic E-state index is 11.6. The zero-order valence-corrected chi connectivity index (χ0v) is 9.66. The average Bonchev–Trinajstić information content (AvgIpc) is 2.14. The van der Waals surface area contributed by atoms with Crippen molar-refractivity contribution in [3.8, 4) is 0 Å². The molecule has 1 nitrogen and oxygen atoms in total. The quantitative estimate of drug-likeness (QED) is 0.579. The van der Waals surface area contributed by atoms with Gasteiger partial charge in [0.1, 0.15) is 0 Å². The number of hydrogen-bond acceptors (Lipinski definition) is 1. The molecule has 0 aliphatic heterocycles. The van der Waals surface area contributed by atoms with Crippen molar-refractivity contribution in [3.63, 3.8) is 0 Å². The maximum Gasteiger partial charge on any atom is 0.165 e. The molecule has 4 heteroatoms. The van der Waals surface area contributed by atoms with Gasteiger partial charge in [0.25, 0.3) is 0 Å². The molecule has 0 amide bonds. The first-order chi connectivity index (χ1) is 6.66. The highest BCUT2D eigenvalue weighted by Gasteiger charge is 2.13. The molecular weight excluding hydrogens is 242 g/mol. The van der Waals surface area contributed by atoms with E-state index in [9.17, 15) is 4.79 Å². The Kier molecular flexibility index (Phi) is 4.73. The lowest BCUT2D eigenvalue weighted by Gasteiger charge is -2.04. The molecule has 0 spiro atoms. The van der Waals surface area contributed by atoms with Gasteiger partial charge in [-0.25, -0.2) is 0 Å². The van der Waals surface area contributed by atoms with Crippen molar-refractivity contribution in [1.82, 2.24) is 0 Å². The number of rotatable bonds is 4. The molecule has 76 valence electrons. The Balaban J connectivity index is 2.89. The third-order valence-corrected chi connectivity index (χ3v) is 2.68. The molecule has 14 heavy (non-hydrogen) atoms. The summed E-state index contributed by atoms with van der Waals surface area (Å²) >= 11 is 17.2. The van der Waals surface area contributed by atoms with Gasteiger partial charge in [0.2, 0.25) is 0 Å². The molecule has 0 saturated carbocycles. The minimum absolute atomic E-state index is 0.0544. The topological polar surface area (TPSA) is 17.1 Å². The van der Waals surface area contributed by atoms with Crippen LogP contribution in [-0.4, -0.2) is 11.7 Å². The maximum atomic E-state index is 11.6. The summed E-state index contributed by atoms with van der Waals surface area (Å²) < 4.78 is 0. The van der Waals surface area contributed by atoms with Crippen LogP contribution < -0.4 is 0 Å². The van der Waals surface area contributed by atoms with Gasteiger partial charge in [-0.05, 0) is 18.6 Å². The molecule has 1 aromatic rings. The van der Waals surface area contributed by atoms with E-state index in [-0.39, 0.29) is 5.78 Å². The van der Waals surface area contributed by atoms with Gasteiger partial charge in [-0.1, -0.05) is 29.3 Å². The zero-order chi connectivity index (χ0) is 10.6. The summed E-state index contributed by atoms with van der Waals surface area (Å²) in [4.78, 5) is 11.6. The molecule has 1 rings (SSSR count). The lowest BCUT2D eigenvalue weighted by Crippen LogP contribution is -2.01. The first-order valence-electron chi connectivity index (χ1n) is 4.20. The number of Topliss-reactive ketones (excluding diaryl/α,β-unsaturated/α-hetero) is 1. The minimum Gasteiger partial charge on any atom is -0.294 e. The van der Waals surface area contributed by atoms with Crippen LogP contribution in [0.1, 0.15) is 23.2 Å². The van der Waals surface area contributed by atoms with Gasteiger partial charge in [0.05, 0.1) is 15.6 Å². The summed E-state index contributed by atoms with van der Waals surface area (Å²) in [7, 11) is 0. The summed E-state index contributed by atoms with van der Waals surface area (Å²) in [5.74, 6) is 0.412. The molecule has 0 unspecified atom stereocenters. The standard InChI is InChI=1S/C10H9Cl3O/c11-6-2-5-9(14)10-7(12)3-1-4-8(10)13/h1,3-4H,2,5-6H2. The fourth-order valence-electron chi connectivity index (χ4n) is 1.12. The second kappa shape index (κ2) is 5.59. The second-order valence-electron chi connectivity index (χ2n) is 2.81. The highest BCUT2D eigenvalue weighted by atomic mass is 35.5. The molecule has 0 aliphatic rings. The molecular formula is C10H9Cl3O. The smallest absolute Gasteiger partial charge is 0.165 e. The van der Waals surface area contributed by atoms with Crippen molar-refractivity contribution in [2.75, 3.05) is 5.88 Å². The van der Waals surface area contributed by atoms with E-state index in [1.54, 1.807) is 18.2 Å². The number of benzene rings is 1. The van der Waals surface area contributed by atoms with E-state index >= 15 is 0 Å². The van der Waals surface area contributed by atoms with Gasteiger partial charge in [0, 0.05) is 12.3 Å². The normalized spacial score (nSPS) is 10.2. The summed E-state index contributed by atoms with van der Waals surface area (Å²) in [6.07, 6.45) is 1.02. The fraction of sp³-hybridized carbons (Fsp3) is 0.300. The molecule has 0 fully saturated rings. The summed E-state index contributed by atoms with van der Waals surface area (Å²) in [6.45, 7) is 0. The molecule has 0 aliphatic carbocycles. The van der Waals surface area contributed by atoms with E-state index < -0.39 is 0 Å². The number of carbonyl (C=O) groups excluding carboxylic acids is 1. The lowest BCUT2D eigenvalue weighted by atomic mass is 10.1. The highest BCUT2D eigenvalue weighted by molar-refractivity contribution is 6.39. The van der Waals surface area contributed by atoms with Crippen LogP contribution in [0.2, 0.25) is 10.0 Å². The number of ketones is 1.